The second kappa shape index (κ2) is 9.88. The van der Waals surface area contributed by atoms with Crippen LogP contribution in [-0.4, -0.2) is 49.8 Å². The van der Waals surface area contributed by atoms with Gasteiger partial charge < -0.3 is 19.5 Å². The number of rotatable bonds is 7. The molecular weight excluding hydrogens is 488 g/mol. The fraction of sp³-hybridized carbons (Fsp3) is 0.190. The zero-order chi connectivity index (χ0) is 22.5. The van der Waals surface area contributed by atoms with Crippen LogP contribution >= 0.6 is 27.7 Å². The average Bonchev–Trinajstić information content (AvgIpc) is 3.01. The van der Waals surface area contributed by atoms with E-state index >= 15 is 0 Å². The van der Waals surface area contributed by atoms with Gasteiger partial charge in [-0.3, -0.25) is 19.3 Å². The van der Waals surface area contributed by atoms with Crippen LogP contribution in [0.25, 0.3) is 6.08 Å². The maximum atomic E-state index is 12.7. The van der Waals surface area contributed by atoms with Crippen molar-refractivity contribution < 1.29 is 28.6 Å². The summed E-state index contributed by atoms with van der Waals surface area (Å²) in [7, 11) is 4.46. The molecule has 31 heavy (non-hydrogen) atoms. The molecule has 2 aromatic rings. The molecule has 1 saturated heterocycles. The molecule has 162 valence electrons. The van der Waals surface area contributed by atoms with E-state index in [1.807, 2.05) is 6.07 Å². The van der Waals surface area contributed by atoms with Crippen molar-refractivity contribution in [2.24, 2.45) is 0 Å². The largest absolute Gasteiger partial charge is 0.493 e. The van der Waals surface area contributed by atoms with Crippen molar-refractivity contribution in [2.75, 3.05) is 33.2 Å². The molecule has 0 aliphatic carbocycles. The lowest BCUT2D eigenvalue weighted by Crippen LogP contribution is -2.36. The Morgan fingerprint density at radius 1 is 1.10 bits per heavy atom. The molecule has 1 heterocycles. The number of para-hydroxylation sites is 1. The van der Waals surface area contributed by atoms with Crippen LogP contribution in [0, 0.1) is 0 Å². The molecule has 1 N–H and O–H groups in total. The van der Waals surface area contributed by atoms with Crippen LogP contribution < -0.4 is 19.5 Å². The Hall–Kier alpha value is -2.98. The number of anilines is 1. The number of carbonyl (C=O) groups excluding carboxylic acids is 3. The molecule has 8 nitrogen and oxygen atoms in total. The molecule has 0 radical (unpaired) electrons. The average molecular weight is 507 g/mol. The van der Waals surface area contributed by atoms with E-state index in [1.54, 1.807) is 36.4 Å². The van der Waals surface area contributed by atoms with Gasteiger partial charge in [0.1, 0.15) is 6.54 Å². The van der Waals surface area contributed by atoms with Crippen LogP contribution in [0.5, 0.6) is 17.2 Å². The molecule has 3 amide bonds. The molecule has 10 heteroatoms. The Balaban J connectivity index is 1.79. The summed E-state index contributed by atoms with van der Waals surface area (Å²) in [6, 6.07) is 10.4. The summed E-state index contributed by atoms with van der Waals surface area (Å²) in [6.45, 7) is -0.390. The Bertz CT molecular complexity index is 1050. The standard InChI is InChI=1S/C21H19BrN2O6S/c1-28-15-8-12(9-16(29-2)19(15)30-3)10-17-20(26)24(21(27)31-17)11-18(25)23-14-7-5-4-6-13(14)22/h4-10H,11H2,1-3H3,(H,23,25)/b17-10+. The van der Waals surface area contributed by atoms with Crippen LogP contribution in [0.4, 0.5) is 10.5 Å². The van der Waals surface area contributed by atoms with E-state index in [1.165, 1.54) is 21.3 Å². The van der Waals surface area contributed by atoms with Crippen molar-refractivity contribution in [2.45, 2.75) is 0 Å². The van der Waals surface area contributed by atoms with E-state index in [0.29, 0.717) is 33.0 Å². The van der Waals surface area contributed by atoms with Crippen molar-refractivity contribution in [3.05, 3.63) is 51.3 Å². The van der Waals surface area contributed by atoms with Crippen LogP contribution in [0.3, 0.4) is 0 Å². The Morgan fingerprint density at radius 2 is 1.74 bits per heavy atom. The summed E-state index contributed by atoms with van der Waals surface area (Å²) in [5.74, 6) is 0.216. The van der Waals surface area contributed by atoms with Crippen molar-refractivity contribution in [3.8, 4) is 17.2 Å². The van der Waals surface area contributed by atoms with Gasteiger partial charge in [-0.05, 0) is 63.6 Å². The van der Waals surface area contributed by atoms with E-state index in [2.05, 4.69) is 21.2 Å². The molecule has 0 aromatic heterocycles. The molecule has 1 aliphatic heterocycles. The highest BCUT2D eigenvalue weighted by atomic mass is 79.9. The predicted molar refractivity (Wildman–Crippen MR) is 122 cm³/mol. The van der Waals surface area contributed by atoms with Gasteiger partial charge in [0.2, 0.25) is 11.7 Å². The van der Waals surface area contributed by atoms with Crippen molar-refractivity contribution in [1.29, 1.82) is 0 Å². The summed E-state index contributed by atoms with van der Waals surface area (Å²) in [5.41, 5.74) is 1.13. The van der Waals surface area contributed by atoms with E-state index in [4.69, 9.17) is 14.2 Å². The van der Waals surface area contributed by atoms with E-state index < -0.39 is 23.6 Å². The molecule has 0 unspecified atom stereocenters. The first-order valence-electron chi connectivity index (χ1n) is 8.97. The lowest BCUT2D eigenvalue weighted by Gasteiger charge is -2.13. The molecule has 0 bridgehead atoms. The second-order valence-electron chi connectivity index (χ2n) is 6.25. The zero-order valence-corrected chi connectivity index (χ0v) is 19.3. The number of benzene rings is 2. The number of carbonyl (C=O) groups is 3. The summed E-state index contributed by atoms with van der Waals surface area (Å²) >= 11 is 4.10. The smallest absolute Gasteiger partial charge is 0.294 e. The maximum Gasteiger partial charge on any atom is 0.294 e. The first-order valence-corrected chi connectivity index (χ1v) is 10.6. The van der Waals surface area contributed by atoms with Gasteiger partial charge in [0.25, 0.3) is 11.1 Å². The summed E-state index contributed by atoms with van der Waals surface area (Å²) < 4.78 is 16.6. The highest BCUT2D eigenvalue weighted by molar-refractivity contribution is 9.10. The lowest BCUT2D eigenvalue weighted by atomic mass is 10.1. The third kappa shape index (κ3) is 5.02. The van der Waals surface area contributed by atoms with Crippen LogP contribution in [0.2, 0.25) is 0 Å². The van der Waals surface area contributed by atoms with Gasteiger partial charge in [-0.25, -0.2) is 0 Å². The van der Waals surface area contributed by atoms with Crippen LogP contribution in [0.15, 0.2) is 45.8 Å². The summed E-state index contributed by atoms with van der Waals surface area (Å²) in [5, 5.41) is 2.16. The zero-order valence-electron chi connectivity index (χ0n) is 16.9. The highest BCUT2D eigenvalue weighted by Gasteiger charge is 2.36. The molecule has 3 rings (SSSR count). The normalized spacial score (nSPS) is 14.7. The Kier molecular flexibility index (Phi) is 7.24. The topological polar surface area (TPSA) is 94.2 Å². The predicted octanol–water partition coefficient (Wildman–Crippen LogP) is 4.15. The number of methoxy groups -OCH3 is 3. The monoisotopic (exact) mass is 506 g/mol. The quantitative estimate of drug-likeness (QED) is 0.563. The number of imide groups is 1. The molecule has 0 spiro atoms. The molecular formula is C21H19BrN2O6S. The number of ether oxygens (including phenoxy) is 3. The van der Waals surface area contributed by atoms with Gasteiger partial charge in [-0.1, -0.05) is 12.1 Å². The number of halogens is 1. The van der Waals surface area contributed by atoms with Crippen molar-refractivity contribution >= 4 is 56.5 Å². The highest BCUT2D eigenvalue weighted by Crippen LogP contribution is 2.40. The number of nitrogens with zero attached hydrogens (tertiary/aromatic N) is 1. The molecule has 1 aliphatic rings. The summed E-state index contributed by atoms with van der Waals surface area (Å²) in [4.78, 5) is 38.6. The van der Waals surface area contributed by atoms with Gasteiger partial charge >= 0.3 is 0 Å². The number of hydrogen-bond donors (Lipinski definition) is 1. The van der Waals surface area contributed by atoms with Gasteiger partial charge in [0, 0.05) is 4.47 Å². The maximum absolute atomic E-state index is 12.7. The van der Waals surface area contributed by atoms with Crippen LogP contribution in [-0.2, 0) is 9.59 Å². The third-order valence-corrected chi connectivity index (χ3v) is 5.91. The Morgan fingerprint density at radius 3 is 2.32 bits per heavy atom. The lowest BCUT2D eigenvalue weighted by molar-refractivity contribution is -0.127. The van der Waals surface area contributed by atoms with Crippen molar-refractivity contribution in [3.63, 3.8) is 0 Å². The minimum atomic E-state index is -0.550. The van der Waals surface area contributed by atoms with Crippen LogP contribution in [0.1, 0.15) is 5.56 Å². The molecule has 2 aromatic carbocycles. The first kappa shape index (κ1) is 22.7. The first-order chi connectivity index (χ1) is 14.9. The molecule has 0 atom stereocenters. The fourth-order valence-corrected chi connectivity index (χ4v) is 4.09. The molecule has 1 fully saturated rings. The van der Waals surface area contributed by atoms with Gasteiger partial charge in [-0.15, -0.1) is 0 Å². The van der Waals surface area contributed by atoms with Gasteiger partial charge in [0.05, 0.1) is 31.9 Å². The summed E-state index contributed by atoms with van der Waals surface area (Å²) in [6.07, 6.45) is 1.54. The number of nitrogens with one attached hydrogen (secondary N) is 1. The fourth-order valence-electron chi connectivity index (χ4n) is 2.87. The minimum Gasteiger partial charge on any atom is -0.493 e. The number of hydrogen-bond acceptors (Lipinski definition) is 7. The van der Waals surface area contributed by atoms with Crippen molar-refractivity contribution in [1.82, 2.24) is 4.90 Å². The third-order valence-electron chi connectivity index (χ3n) is 4.31. The van der Waals surface area contributed by atoms with E-state index in [9.17, 15) is 14.4 Å². The van der Waals surface area contributed by atoms with E-state index in [0.717, 1.165) is 16.7 Å². The number of amides is 3. The Labute approximate surface area is 191 Å². The SMILES string of the molecule is COc1cc(/C=C2/SC(=O)N(CC(=O)Nc3ccccc3Br)C2=O)cc(OC)c1OC. The second-order valence-corrected chi connectivity index (χ2v) is 8.10. The molecule has 0 saturated carbocycles. The number of thioether (sulfide) groups is 1. The minimum absolute atomic E-state index is 0.188. The van der Waals surface area contributed by atoms with Gasteiger partial charge in [0.15, 0.2) is 11.5 Å². The van der Waals surface area contributed by atoms with E-state index in [-0.39, 0.29) is 4.91 Å². The van der Waals surface area contributed by atoms with Gasteiger partial charge in [-0.2, -0.15) is 0 Å².